The number of urea groups is 1. The first-order valence-electron chi connectivity index (χ1n) is 10.8. The van der Waals surface area contributed by atoms with Crippen LogP contribution < -0.4 is 15.4 Å². The van der Waals surface area contributed by atoms with Gasteiger partial charge in [-0.15, -0.1) is 0 Å². The van der Waals surface area contributed by atoms with Gasteiger partial charge in [0.1, 0.15) is 11.6 Å². The normalized spacial score (nSPS) is 17.4. The van der Waals surface area contributed by atoms with Crippen molar-refractivity contribution >= 4 is 23.3 Å². The molecular formula is C24H26FN5O4. The summed E-state index contributed by atoms with van der Waals surface area (Å²) in [4.78, 5) is 27.1. The van der Waals surface area contributed by atoms with Gasteiger partial charge in [0.05, 0.1) is 37.7 Å². The Hall–Kier alpha value is -3.92. The zero-order chi connectivity index (χ0) is 24.1. The van der Waals surface area contributed by atoms with E-state index >= 15 is 0 Å². The van der Waals surface area contributed by atoms with Crippen molar-refractivity contribution in [3.8, 4) is 5.75 Å². The lowest BCUT2D eigenvalue weighted by Gasteiger charge is -2.24. The molecule has 2 N–H and O–H groups in total. The number of methoxy groups -OCH3 is 2. The van der Waals surface area contributed by atoms with Crippen LogP contribution in [0.3, 0.4) is 0 Å². The number of nitrogens with zero attached hydrogens (tertiary/aromatic N) is 3. The zero-order valence-electron chi connectivity index (χ0n) is 18.9. The Morgan fingerprint density at radius 3 is 2.71 bits per heavy atom. The second-order valence-electron chi connectivity index (χ2n) is 7.99. The van der Waals surface area contributed by atoms with Gasteiger partial charge in [-0.1, -0.05) is 12.1 Å². The maximum absolute atomic E-state index is 13.4. The molecular weight excluding hydrogens is 441 g/mol. The highest BCUT2D eigenvalue weighted by Gasteiger charge is 2.36. The van der Waals surface area contributed by atoms with Crippen molar-refractivity contribution in [2.75, 3.05) is 38.0 Å². The van der Waals surface area contributed by atoms with Crippen LogP contribution in [-0.4, -0.2) is 60.0 Å². The molecule has 10 heteroatoms. The third-order valence-corrected chi connectivity index (χ3v) is 5.65. The van der Waals surface area contributed by atoms with Gasteiger partial charge in [-0.3, -0.25) is 9.48 Å². The topological polar surface area (TPSA) is 97.7 Å². The van der Waals surface area contributed by atoms with Crippen LogP contribution in [0.4, 0.5) is 20.6 Å². The first-order valence-corrected chi connectivity index (χ1v) is 10.8. The molecule has 9 nitrogen and oxygen atoms in total. The molecule has 178 valence electrons. The number of hydrogen-bond donors (Lipinski definition) is 2. The summed E-state index contributed by atoms with van der Waals surface area (Å²) in [6.07, 6.45) is 3.87. The van der Waals surface area contributed by atoms with Crippen LogP contribution in [0.2, 0.25) is 0 Å². The number of rotatable bonds is 7. The van der Waals surface area contributed by atoms with E-state index in [0.29, 0.717) is 36.7 Å². The molecule has 0 unspecified atom stereocenters. The Kier molecular flexibility index (Phi) is 7.07. The molecule has 1 aromatic heterocycles. The summed E-state index contributed by atoms with van der Waals surface area (Å²) in [6, 6.07) is 12.1. The highest BCUT2D eigenvalue weighted by Crippen LogP contribution is 2.29. The molecule has 2 heterocycles. The molecule has 0 radical (unpaired) electrons. The van der Waals surface area contributed by atoms with E-state index in [0.717, 1.165) is 0 Å². The summed E-state index contributed by atoms with van der Waals surface area (Å²) < 4.78 is 25.7. The molecule has 0 saturated carbocycles. The number of carbonyl (C=O) groups is 2. The first-order chi connectivity index (χ1) is 16.5. The highest BCUT2D eigenvalue weighted by molar-refractivity contribution is 6.04. The minimum atomic E-state index is -0.481. The minimum absolute atomic E-state index is 0.101. The van der Waals surface area contributed by atoms with E-state index in [-0.39, 0.29) is 23.7 Å². The van der Waals surface area contributed by atoms with E-state index in [2.05, 4.69) is 15.7 Å². The van der Waals surface area contributed by atoms with Gasteiger partial charge in [0.25, 0.3) is 5.91 Å². The minimum Gasteiger partial charge on any atom is -0.497 e. The summed E-state index contributed by atoms with van der Waals surface area (Å²) in [5.41, 5.74) is 1.33. The van der Waals surface area contributed by atoms with E-state index in [1.807, 2.05) is 0 Å². The third kappa shape index (κ3) is 5.34. The second kappa shape index (κ2) is 10.3. The summed E-state index contributed by atoms with van der Waals surface area (Å²) >= 11 is 0. The molecule has 2 aromatic carbocycles. The van der Waals surface area contributed by atoms with Gasteiger partial charge in [-0.2, -0.15) is 5.10 Å². The Morgan fingerprint density at radius 2 is 1.94 bits per heavy atom. The van der Waals surface area contributed by atoms with Crippen molar-refractivity contribution in [3.63, 3.8) is 0 Å². The number of nitrogens with one attached hydrogen (secondary N) is 2. The highest BCUT2D eigenvalue weighted by atomic mass is 19.1. The molecule has 1 aliphatic heterocycles. The van der Waals surface area contributed by atoms with Gasteiger partial charge < -0.3 is 25.0 Å². The lowest BCUT2D eigenvalue weighted by molar-refractivity contribution is 0.102. The number of carbonyl (C=O) groups excluding carboxylic acids is 2. The number of anilines is 2. The fourth-order valence-corrected chi connectivity index (χ4v) is 4.01. The Bertz CT molecular complexity index is 1170. The standard InChI is InChI=1S/C24H26FN5O4/c1-33-15-21-11-20(14-29(21)24(32)28-18-7-4-8-22(10-18)34-2)30-13-19(12-26-30)27-23(31)16-5-3-6-17(25)9-16/h3-10,12-13,20-21H,11,14-15H2,1-2H3,(H,27,31)(H,28,32)/t20-,21-/m0/s1. The van der Waals surface area contributed by atoms with Gasteiger partial charge in [0.2, 0.25) is 0 Å². The van der Waals surface area contributed by atoms with E-state index < -0.39 is 11.7 Å². The molecule has 1 saturated heterocycles. The average molecular weight is 468 g/mol. The second-order valence-corrected chi connectivity index (χ2v) is 7.99. The van der Waals surface area contributed by atoms with Crippen LogP contribution in [0.5, 0.6) is 5.75 Å². The van der Waals surface area contributed by atoms with Gasteiger partial charge in [-0.25, -0.2) is 9.18 Å². The predicted octanol–water partition coefficient (Wildman–Crippen LogP) is 3.78. The number of hydrogen-bond acceptors (Lipinski definition) is 5. The molecule has 0 bridgehead atoms. The molecule has 1 aliphatic rings. The monoisotopic (exact) mass is 467 g/mol. The molecule has 0 aliphatic carbocycles. The molecule has 3 aromatic rings. The van der Waals surface area contributed by atoms with E-state index in [9.17, 15) is 14.0 Å². The van der Waals surface area contributed by atoms with Crippen LogP contribution in [0, 0.1) is 5.82 Å². The van der Waals surface area contributed by atoms with Crippen molar-refractivity contribution in [2.24, 2.45) is 0 Å². The number of halogens is 1. The molecule has 34 heavy (non-hydrogen) atoms. The van der Waals surface area contributed by atoms with Crippen molar-refractivity contribution in [1.29, 1.82) is 0 Å². The molecule has 0 spiro atoms. The Morgan fingerprint density at radius 1 is 1.12 bits per heavy atom. The first kappa shape index (κ1) is 23.2. The lowest BCUT2D eigenvalue weighted by Crippen LogP contribution is -2.41. The number of amides is 3. The SMILES string of the molecule is COC[C@@H]1C[C@H](n2cc(NC(=O)c3cccc(F)c3)cn2)CN1C(=O)Nc1cccc(OC)c1. The number of likely N-dealkylation sites (tertiary alicyclic amines) is 1. The summed E-state index contributed by atoms with van der Waals surface area (Å²) in [6.45, 7) is 0.801. The van der Waals surface area contributed by atoms with Crippen molar-refractivity contribution in [3.05, 3.63) is 72.3 Å². The summed E-state index contributed by atoms with van der Waals surface area (Å²) in [5, 5.41) is 10.0. The fourth-order valence-electron chi connectivity index (χ4n) is 4.01. The van der Waals surface area contributed by atoms with Crippen molar-refractivity contribution in [1.82, 2.24) is 14.7 Å². The number of benzene rings is 2. The van der Waals surface area contributed by atoms with Crippen LogP contribution in [0.15, 0.2) is 60.9 Å². The van der Waals surface area contributed by atoms with Gasteiger partial charge >= 0.3 is 6.03 Å². The largest absolute Gasteiger partial charge is 0.497 e. The lowest BCUT2D eigenvalue weighted by atomic mass is 10.2. The fraction of sp³-hybridized carbons (Fsp3) is 0.292. The van der Waals surface area contributed by atoms with Crippen molar-refractivity contribution < 1.29 is 23.5 Å². The average Bonchev–Trinajstić information content (AvgIpc) is 3.46. The van der Waals surface area contributed by atoms with Crippen LogP contribution in [0.25, 0.3) is 0 Å². The maximum atomic E-state index is 13.4. The van der Waals surface area contributed by atoms with Crippen LogP contribution in [-0.2, 0) is 4.74 Å². The molecule has 1 fully saturated rings. The van der Waals surface area contributed by atoms with E-state index in [1.54, 1.807) is 54.3 Å². The summed E-state index contributed by atoms with van der Waals surface area (Å²) in [7, 11) is 3.17. The number of ether oxygens (including phenoxy) is 2. The maximum Gasteiger partial charge on any atom is 0.322 e. The summed E-state index contributed by atoms with van der Waals surface area (Å²) in [5.74, 6) is -0.261. The third-order valence-electron chi connectivity index (χ3n) is 5.65. The van der Waals surface area contributed by atoms with Crippen LogP contribution in [0.1, 0.15) is 22.8 Å². The van der Waals surface area contributed by atoms with E-state index in [1.165, 1.54) is 30.5 Å². The van der Waals surface area contributed by atoms with E-state index in [4.69, 9.17) is 9.47 Å². The van der Waals surface area contributed by atoms with Gasteiger partial charge in [0, 0.05) is 37.2 Å². The zero-order valence-corrected chi connectivity index (χ0v) is 18.9. The predicted molar refractivity (Wildman–Crippen MR) is 125 cm³/mol. The Balaban J connectivity index is 1.43. The van der Waals surface area contributed by atoms with Crippen LogP contribution >= 0.6 is 0 Å². The molecule has 3 amide bonds. The Labute approximate surface area is 196 Å². The smallest absolute Gasteiger partial charge is 0.322 e. The van der Waals surface area contributed by atoms with Gasteiger partial charge in [-0.05, 0) is 36.8 Å². The molecule has 2 atom stereocenters. The quantitative estimate of drug-likeness (QED) is 0.551. The van der Waals surface area contributed by atoms with Gasteiger partial charge in [0.15, 0.2) is 0 Å². The molecule has 4 rings (SSSR count). The number of aromatic nitrogens is 2. The van der Waals surface area contributed by atoms with Crippen molar-refractivity contribution in [2.45, 2.75) is 18.5 Å².